The number of carbonyl (C=O) groups is 2. The Hall–Kier alpha value is -1.66. The molecule has 0 saturated carbocycles. The number of unbranched alkanes of at least 4 members (excludes halogenated alkanes) is 3. The molecular formula is C16H30O6. The lowest BCUT2D eigenvalue weighted by atomic mass is 10.1. The molecule has 0 aliphatic carbocycles. The molecule has 0 saturated heterocycles. The van der Waals surface area contributed by atoms with Crippen molar-refractivity contribution >= 4 is 11.9 Å². The van der Waals surface area contributed by atoms with E-state index in [1.54, 1.807) is 0 Å². The summed E-state index contributed by atoms with van der Waals surface area (Å²) in [5, 5.41) is 33.1. The number of hydrogen-bond acceptors (Lipinski definition) is 4. The third-order valence-electron chi connectivity index (χ3n) is 2.33. The molecule has 0 aromatic heterocycles. The lowest BCUT2D eigenvalue weighted by molar-refractivity contribution is -0.133. The molecular weight excluding hydrogens is 288 g/mol. The van der Waals surface area contributed by atoms with Crippen molar-refractivity contribution in [3.05, 3.63) is 24.3 Å². The summed E-state index contributed by atoms with van der Waals surface area (Å²) in [6.45, 7) is 11.3. The van der Waals surface area contributed by atoms with Crippen molar-refractivity contribution in [2.45, 2.75) is 59.0 Å². The van der Waals surface area contributed by atoms with E-state index in [9.17, 15) is 9.59 Å². The number of carboxylic acids is 2. The van der Waals surface area contributed by atoms with E-state index in [0.717, 1.165) is 12.8 Å². The van der Waals surface area contributed by atoms with Gasteiger partial charge in [0.15, 0.2) is 0 Å². The SMILES string of the molecule is C=C(C)C(=O)O.C=C(C)C(=O)O.CCCCCCC(O)CO. The summed E-state index contributed by atoms with van der Waals surface area (Å²) in [6, 6.07) is 0. The molecule has 0 bridgehead atoms. The predicted octanol–water partition coefficient (Wildman–Crippen LogP) is 2.60. The molecule has 0 aliphatic rings. The van der Waals surface area contributed by atoms with Crippen LogP contribution in [0.15, 0.2) is 24.3 Å². The van der Waals surface area contributed by atoms with Crippen LogP contribution in [0.4, 0.5) is 0 Å². The van der Waals surface area contributed by atoms with Crippen molar-refractivity contribution in [1.29, 1.82) is 0 Å². The van der Waals surface area contributed by atoms with Crippen LogP contribution in [-0.2, 0) is 9.59 Å². The van der Waals surface area contributed by atoms with E-state index in [0.29, 0.717) is 0 Å². The van der Waals surface area contributed by atoms with Crippen LogP contribution in [0.3, 0.4) is 0 Å². The molecule has 0 aromatic rings. The Morgan fingerprint density at radius 1 is 0.955 bits per heavy atom. The highest BCUT2D eigenvalue weighted by Crippen LogP contribution is 2.04. The second kappa shape index (κ2) is 17.4. The molecule has 1 unspecified atom stereocenters. The van der Waals surface area contributed by atoms with E-state index in [4.69, 9.17) is 20.4 Å². The van der Waals surface area contributed by atoms with Gasteiger partial charge in [-0.2, -0.15) is 0 Å². The van der Waals surface area contributed by atoms with Crippen LogP contribution >= 0.6 is 0 Å². The van der Waals surface area contributed by atoms with Crippen LogP contribution in [0.5, 0.6) is 0 Å². The van der Waals surface area contributed by atoms with Crippen molar-refractivity contribution in [1.82, 2.24) is 0 Å². The van der Waals surface area contributed by atoms with E-state index < -0.39 is 18.0 Å². The Bertz CT molecular complexity index is 288. The number of rotatable bonds is 8. The summed E-state index contributed by atoms with van der Waals surface area (Å²) in [7, 11) is 0. The number of aliphatic carboxylic acids is 2. The monoisotopic (exact) mass is 318 g/mol. The van der Waals surface area contributed by atoms with Gasteiger partial charge in [0.2, 0.25) is 0 Å². The van der Waals surface area contributed by atoms with E-state index in [2.05, 4.69) is 20.1 Å². The molecule has 0 fully saturated rings. The van der Waals surface area contributed by atoms with Gasteiger partial charge in [-0.05, 0) is 20.3 Å². The van der Waals surface area contributed by atoms with Gasteiger partial charge in [-0.15, -0.1) is 0 Å². The molecule has 0 rings (SSSR count). The molecule has 0 aromatic carbocycles. The first kappa shape index (κ1) is 25.3. The fourth-order valence-electron chi connectivity index (χ4n) is 0.898. The van der Waals surface area contributed by atoms with Crippen LogP contribution in [0.2, 0.25) is 0 Å². The predicted molar refractivity (Wildman–Crippen MR) is 86.8 cm³/mol. The maximum absolute atomic E-state index is 9.60. The highest BCUT2D eigenvalue weighted by molar-refractivity contribution is 5.85. The summed E-state index contributed by atoms with van der Waals surface area (Å²) in [5.74, 6) is -1.87. The highest BCUT2D eigenvalue weighted by atomic mass is 16.4. The van der Waals surface area contributed by atoms with Crippen molar-refractivity contribution in [2.24, 2.45) is 0 Å². The van der Waals surface area contributed by atoms with Gasteiger partial charge in [-0.25, -0.2) is 9.59 Å². The minimum absolute atomic E-state index is 0.0911. The van der Waals surface area contributed by atoms with Gasteiger partial charge in [0, 0.05) is 11.1 Å². The fourth-order valence-corrected chi connectivity index (χ4v) is 0.898. The minimum atomic E-state index is -0.935. The zero-order chi connectivity index (χ0) is 18.1. The molecule has 4 N–H and O–H groups in total. The molecule has 130 valence electrons. The lowest BCUT2D eigenvalue weighted by Gasteiger charge is -2.04. The molecule has 0 spiro atoms. The molecule has 0 amide bonds. The van der Waals surface area contributed by atoms with Gasteiger partial charge in [0.05, 0.1) is 12.7 Å². The Kier molecular flexibility index (Phi) is 20.0. The second-order valence-corrected chi connectivity index (χ2v) is 4.86. The minimum Gasteiger partial charge on any atom is -0.478 e. The molecule has 6 nitrogen and oxygen atoms in total. The summed E-state index contributed by atoms with van der Waals surface area (Å²) >= 11 is 0. The first-order valence-corrected chi connectivity index (χ1v) is 7.16. The quantitative estimate of drug-likeness (QED) is 0.404. The van der Waals surface area contributed by atoms with E-state index in [1.165, 1.54) is 33.1 Å². The van der Waals surface area contributed by atoms with Gasteiger partial charge < -0.3 is 20.4 Å². The average molecular weight is 318 g/mol. The zero-order valence-corrected chi connectivity index (χ0v) is 13.8. The molecule has 0 aliphatic heterocycles. The fraction of sp³-hybridized carbons (Fsp3) is 0.625. The van der Waals surface area contributed by atoms with Crippen LogP contribution in [-0.4, -0.2) is 45.1 Å². The third kappa shape index (κ3) is 26.8. The molecule has 1 atom stereocenters. The molecule has 22 heavy (non-hydrogen) atoms. The highest BCUT2D eigenvalue weighted by Gasteiger charge is 1.99. The topological polar surface area (TPSA) is 115 Å². The molecule has 0 heterocycles. The normalized spacial score (nSPS) is 10.2. The van der Waals surface area contributed by atoms with Gasteiger partial charge in [0.1, 0.15) is 0 Å². The Labute approximate surface area is 132 Å². The van der Waals surface area contributed by atoms with Gasteiger partial charge in [-0.1, -0.05) is 45.8 Å². The summed E-state index contributed by atoms with van der Waals surface area (Å²) in [5.41, 5.74) is 0.352. The number of aliphatic hydroxyl groups is 2. The van der Waals surface area contributed by atoms with Crippen molar-refractivity contribution < 1.29 is 30.0 Å². The number of aliphatic hydroxyl groups excluding tert-OH is 2. The van der Waals surface area contributed by atoms with Crippen LogP contribution in [0.25, 0.3) is 0 Å². The Balaban J connectivity index is -0.000000261. The maximum atomic E-state index is 9.60. The average Bonchev–Trinajstić information content (AvgIpc) is 2.44. The first-order valence-electron chi connectivity index (χ1n) is 7.16. The Morgan fingerprint density at radius 2 is 1.32 bits per heavy atom. The van der Waals surface area contributed by atoms with Gasteiger partial charge in [-0.3, -0.25) is 0 Å². The summed E-state index contributed by atoms with van der Waals surface area (Å²) in [4.78, 5) is 19.2. The summed E-state index contributed by atoms with van der Waals surface area (Å²) < 4.78 is 0. The standard InChI is InChI=1S/C8H18O2.2C4H6O2/c1-2-3-4-5-6-8(10)7-9;2*1-3(2)4(5)6/h8-10H,2-7H2,1H3;2*1H2,2H3,(H,5,6). The van der Waals surface area contributed by atoms with Crippen LogP contribution in [0.1, 0.15) is 52.9 Å². The largest absolute Gasteiger partial charge is 0.478 e. The first-order chi connectivity index (χ1) is 10.1. The Morgan fingerprint density at radius 3 is 1.55 bits per heavy atom. The van der Waals surface area contributed by atoms with Crippen molar-refractivity contribution in [2.75, 3.05) is 6.61 Å². The second-order valence-electron chi connectivity index (χ2n) is 4.86. The zero-order valence-electron chi connectivity index (χ0n) is 13.8. The number of carboxylic acid groups (broad SMARTS) is 2. The smallest absolute Gasteiger partial charge is 0.330 e. The molecule has 6 heteroatoms. The maximum Gasteiger partial charge on any atom is 0.330 e. The van der Waals surface area contributed by atoms with Gasteiger partial charge in [0.25, 0.3) is 0 Å². The van der Waals surface area contributed by atoms with E-state index in [-0.39, 0.29) is 17.8 Å². The van der Waals surface area contributed by atoms with Crippen molar-refractivity contribution in [3.8, 4) is 0 Å². The van der Waals surface area contributed by atoms with Gasteiger partial charge >= 0.3 is 11.9 Å². The van der Waals surface area contributed by atoms with Crippen molar-refractivity contribution in [3.63, 3.8) is 0 Å². The van der Waals surface area contributed by atoms with Crippen LogP contribution in [0, 0.1) is 0 Å². The number of hydrogen-bond donors (Lipinski definition) is 4. The van der Waals surface area contributed by atoms with Crippen LogP contribution < -0.4 is 0 Å². The third-order valence-corrected chi connectivity index (χ3v) is 2.33. The van der Waals surface area contributed by atoms with E-state index >= 15 is 0 Å². The van der Waals surface area contributed by atoms with E-state index in [1.807, 2.05) is 0 Å². The lowest BCUT2D eigenvalue weighted by Crippen LogP contribution is -2.10. The molecule has 0 radical (unpaired) electrons. The summed E-state index contributed by atoms with van der Waals surface area (Å²) in [6.07, 6.45) is 4.92.